The summed E-state index contributed by atoms with van der Waals surface area (Å²) in [6.45, 7) is 6.65. The van der Waals surface area contributed by atoms with Crippen molar-refractivity contribution in [2.24, 2.45) is 5.92 Å². The molecule has 0 spiro atoms. The molecule has 0 unspecified atom stereocenters. The third-order valence-electron chi connectivity index (χ3n) is 4.17. The number of amides is 1. The molecule has 7 heteroatoms. The van der Waals surface area contributed by atoms with Gasteiger partial charge in [-0.15, -0.1) is 0 Å². The Labute approximate surface area is 135 Å². The Bertz CT molecular complexity index is 663. The van der Waals surface area contributed by atoms with Gasteiger partial charge in [-0.1, -0.05) is 0 Å². The van der Waals surface area contributed by atoms with Gasteiger partial charge < -0.3 is 10.1 Å². The number of carbonyl (C=O) groups excluding carboxylic acids is 1. The molecule has 1 saturated heterocycles. The van der Waals surface area contributed by atoms with Crippen molar-refractivity contribution < 1.29 is 9.53 Å². The molecule has 7 nitrogen and oxygen atoms in total. The number of carbonyl (C=O) groups is 1. The molecule has 23 heavy (non-hydrogen) atoms. The van der Waals surface area contributed by atoms with Crippen molar-refractivity contribution in [1.29, 1.82) is 0 Å². The van der Waals surface area contributed by atoms with E-state index in [1.807, 2.05) is 41.7 Å². The van der Waals surface area contributed by atoms with Gasteiger partial charge in [0.1, 0.15) is 6.10 Å². The highest BCUT2D eigenvalue weighted by Gasteiger charge is 2.36. The number of nitrogens with zero attached hydrogens (tertiary/aromatic N) is 4. The maximum absolute atomic E-state index is 12.5. The summed E-state index contributed by atoms with van der Waals surface area (Å²) in [5, 5.41) is 11.5. The molecular formula is C16H23N5O2. The summed E-state index contributed by atoms with van der Waals surface area (Å²) in [5.74, 6) is -0.114. The second-order valence-corrected chi connectivity index (χ2v) is 5.83. The van der Waals surface area contributed by atoms with Gasteiger partial charge in [-0.2, -0.15) is 10.2 Å². The summed E-state index contributed by atoms with van der Waals surface area (Å²) in [4.78, 5) is 12.5. The monoisotopic (exact) mass is 317 g/mol. The largest absolute Gasteiger partial charge is 0.371 e. The Morgan fingerprint density at radius 3 is 3.09 bits per heavy atom. The van der Waals surface area contributed by atoms with Crippen LogP contribution in [-0.4, -0.2) is 38.6 Å². The minimum atomic E-state index is -0.204. The van der Waals surface area contributed by atoms with Gasteiger partial charge in [0.2, 0.25) is 5.91 Å². The van der Waals surface area contributed by atoms with E-state index >= 15 is 0 Å². The second-order valence-electron chi connectivity index (χ2n) is 5.83. The normalized spacial score (nSPS) is 20.8. The number of aryl methyl sites for hydroxylation is 2. The van der Waals surface area contributed by atoms with Crippen LogP contribution in [0, 0.1) is 12.8 Å². The van der Waals surface area contributed by atoms with Gasteiger partial charge >= 0.3 is 0 Å². The third-order valence-corrected chi connectivity index (χ3v) is 4.17. The van der Waals surface area contributed by atoms with Crippen LogP contribution < -0.4 is 5.32 Å². The van der Waals surface area contributed by atoms with E-state index in [0.29, 0.717) is 19.7 Å². The summed E-state index contributed by atoms with van der Waals surface area (Å²) < 4.78 is 9.53. The first-order chi connectivity index (χ1) is 11.2. The zero-order valence-electron chi connectivity index (χ0n) is 13.6. The van der Waals surface area contributed by atoms with Gasteiger partial charge in [0.15, 0.2) is 0 Å². The number of ether oxygens (including phenoxy) is 1. The highest BCUT2D eigenvalue weighted by molar-refractivity contribution is 5.79. The quantitative estimate of drug-likeness (QED) is 0.871. The first-order valence-electron chi connectivity index (χ1n) is 8.09. The fourth-order valence-electron chi connectivity index (χ4n) is 3.01. The smallest absolute Gasteiger partial charge is 0.226 e. The van der Waals surface area contributed by atoms with Crippen LogP contribution in [0.25, 0.3) is 0 Å². The second kappa shape index (κ2) is 6.95. The van der Waals surface area contributed by atoms with E-state index in [4.69, 9.17) is 4.74 Å². The maximum Gasteiger partial charge on any atom is 0.226 e. The van der Waals surface area contributed by atoms with E-state index in [1.165, 1.54) is 0 Å². The summed E-state index contributed by atoms with van der Waals surface area (Å²) in [7, 11) is 0. The molecule has 2 aromatic rings. The molecule has 124 valence electrons. The summed E-state index contributed by atoms with van der Waals surface area (Å²) in [6.07, 6.45) is 6.08. The molecule has 1 N–H and O–H groups in total. The van der Waals surface area contributed by atoms with Crippen LogP contribution in [0.5, 0.6) is 0 Å². The van der Waals surface area contributed by atoms with Gasteiger partial charge in [0.25, 0.3) is 0 Å². The van der Waals surface area contributed by atoms with Crippen LogP contribution in [0.2, 0.25) is 0 Å². The summed E-state index contributed by atoms with van der Waals surface area (Å²) >= 11 is 0. The van der Waals surface area contributed by atoms with Gasteiger partial charge in [-0.05, 0) is 31.9 Å². The molecule has 1 amide bonds. The molecule has 0 saturated carbocycles. The fraction of sp³-hybridized carbons (Fsp3) is 0.562. The minimum absolute atomic E-state index is 0.0419. The molecule has 3 rings (SSSR count). The molecule has 1 aliphatic heterocycles. The van der Waals surface area contributed by atoms with Crippen LogP contribution in [0.1, 0.15) is 30.7 Å². The Hall–Kier alpha value is -2.15. The summed E-state index contributed by atoms with van der Waals surface area (Å²) in [5.41, 5.74) is 2.10. The standard InChI is InChI=1S/C16H23N5O2/c1-3-21-14(4-6-18-21)15-13(5-9-23-15)16(22)17-7-8-20-11-12(2)10-19-20/h4,6,10-11,13,15H,3,5,7-9H2,1-2H3,(H,17,22)/t13-,15-/m1/s1. The van der Waals surface area contributed by atoms with E-state index in [9.17, 15) is 4.79 Å². The fourth-order valence-corrected chi connectivity index (χ4v) is 3.01. The molecule has 0 radical (unpaired) electrons. The predicted molar refractivity (Wildman–Crippen MR) is 84.7 cm³/mol. The van der Waals surface area contributed by atoms with E-state index in [2.05, 4.69) is 15.5 Å². The number of hydrogen-bond acceptors (Lipinski definition) is 4. The minimum Gasteiger partial charge on any atom is -0.371 e. The molecular weight excluding hydrogens is 294 g/mol. The van der Waals surface area contributed by atoms with Crippen LogP contribution in [0.4, 0.5) is 0 Å². The highest BCUT2D eigenvalue weighted by Crippen LogP contribution is 2.34. The SMILES string of the molecule is CCn1nccc1[C@@H]1OCC[C@H]1C(=O)NCCn1cc(C)cn1. The number of aromatic nitrogens is 4. The van der Waals surface area contributed by atoms with Crippen molar-refractivity contribution in [1.82, 2.24) is 24.9 Å². The molecule has 3 heterocycles. The van der Waals surface area contributed by atoms with Gasteiger partial charge in [-0.25, -0.2) is 0 Å². The maximum atomic E-state index is 12.5. The Morgan fingerprint density at radius 1 is 1.48 bits per heavy atom. The van der Waals surface area contributed by atoms with Crippen LogP contribution in [0.15, 0.2) is 24.7 Å². The molecule has 2 aromatic heterocycles. The van der Waals surface area contributed by atoms with E-state index < -0.39 is 0 Å². The zero-order valence-corrected chi connectivity index (χ0v) is 13.6. The molecule has 0 aromatic carbocycles. The van der Waals surface area contributed by atoms with Crippen LogP contribution in [-0.2, 0) is 22.6 Å². The lowest BCUT2D eigenvalue weighted by molar-refractivity contribution is -0.126. The predicted octanol–water partition coefficient (Wildman–Crippen LogP) is 1.30. The van der Waals surface area contributed by atoms with Crippen molar-refractivity contribution >= 4 is 5.91 Å². The highest BCUT2D eigenvalue weighted by atomic mass is 16.5. The van der Waals surface area contributed by atoms with Crippen molar-refractivity contribution in [3.63, 3.8) is 0 Å². The van der Waals surface area contributed by atoms with Gasteiger partial charge in [-0.3, -0.25) is 14.2 Å². The van der Waals surface area contributed by atoms with Gasteiger partial charge in [0, 0.05) is 32.1 Å². The van der Waals surface area contributed by atoms with Crippen LogP contribution in [0.3, 0.4) is 0 Å². The molecule has 0 bridgehead atoms. The van der Waals surface area contributed by atoms with Crippen molar-refractivity contribution in [3.8, 4) is 0 Å². The summed E-state index contributed by atoms with van der Waals surface area (Å²) in [6, 6.07) is 1.94. The van der Waals surface area contributed by atoms with Crippen molar-refractivity contribution in [3.05, 3.63) is 35.9 Å². The topological polar surface area (TPSA) is 74.0 Å². The van der Waals surface area contributed by atoms with E-state index in [0.717, 1.165) is 24.2 Å². The lowest BCUT2D eigenvalue weighted by Gasteiger charge is -2.19. The first kappa shape index (κ1) is 15.7. The third kappa shape index (κ3) is 3.44. The first-order valence-corrected chi connectivity index (χ1v) is 8.09. The van der Waals surface area contributed by atoms with Crippen LogP contribution >= 0.6 is 0 Å². The Morgan fingerprint density at radius 2 is 2.35 bits per heavy atom. The Balaban J connectivity index is 1.57. The molecule has 1 aliphatic rings. The number of nitrogens with one attached hydrogen (secondary N) is 1. The number of rotatable bonds is 6. The lowest BCUT2D eigenvalue weighted by Crippen LogP contribution is -2.35. The average molecular weight is 317 g/mol. The Kier molecular flexibility index (Phi) is 4.76. The zero-order chi connectivity index (χ0) is 16.2. The van der Waals surface area contributed by atoms with Crippen molar-refractivity contribution in [2.75, 3.05) is 13.2 Å². The van der Waals surface area contributed by atoms with E-state index in [-0.39, 0.29) is 17.9 Å². The average Bonchev–Trinajstić information content (AvgIpc) is 3.26. The molecule has 2 atom stereocenters. The lowest BCUT2D eigenvalue weighted by atomic mass is 9.98. The van der Waals surface area contributed by atoms with Crippen molar-refractivity contribution in [2.45, 2.75) is 39.5 Å². The molecule has 1 fully saturated rings. The van der Waals surface area contributed by atoms with E-state index in [1.54, 1.807) is 6.20 Å². The molecule has 0 aliphatic carbocycles. The van der Waals surface area contributed by atoms with Gasteiger partial charge in [0.05, 0.1) is 24.4 Å². The number of hydrogen-bond donors (Lipinski definition) is 1.